The minimum Gasteiger partial charge on any atom is -0.481 e. The van der Waals surface area contributed by atoms with Gasteiger partial charge in [0.25, 0.3) is 0 Å². The van der Waals surface area contributed by atoms with Crippen molar-refractivity contribution < 1.29 is 19.4 Å². The first-order valence-electron chi connectivity index (χ1n) is 9.11. The van der Waals surface area contributed by atoms with E-state index in [0.29, 0.717) is 6.54 Å². The highest BCUT2D eigenvalue weighted by molar-refractivity contribution is 5.91. The monoisotopic (exact) mass is 361 g/mol. The minimum atomic E-state index is -0.970. The summed E-state index contributed by atoms with van der Waals surface area (Å²) in [7, 11) is 0. The molecule has 2 bridgehead atoms. The fourth-order valence-corrected chi connectivity index (χ4v) is 4.85. The molecule has 0 unspecified atom stereocenters. The molecule has 0 saturated carbocycles. The molecule has 2 saturated heterocycles. The molecule has 1 N–H and O–H groups in total. The SMILES string of the molecule is O=C(O)[C@H]1[C@@H]2C=C[C@]3(CN(C(c4ccccc4)c4ccccc4)C(=O)[C@H]13)O2. The van der Waals surface area contributed by atoms with Crippen molar-refractivity contribution in [3.8, 4) is 0 Å². The standard InChI is InChI=1S/C22H19NO4/c24-20-18-17(21(25)26)16-11-12-22(18,27-16)13-23(20)19(14-7-3-1-4-8-14)15-9-5-2-6-10-15/h1-12,16-19H,13H2,(H,25,26)/t16-,17-,18-,22+/m0/s1. The number of benzene rings is 2. The van der Waals surface area contributed by atoms with E-state index in [1.807, 2.05) is 66.7 Å². The average molecular weight is 361 g/mol. The molecule has 3 heterocycles. The summed E-state index contributed by atoms with van der Waals surface area (Å²) in [6.45, 7) is 0.363. The zero-order valence-corrected chi connectivity index (χ0v) is 14.6. The molecular formula is C22H19NO4. The lowest BCUT2D eigenvalue weighted by Crippen LogP contribution is -2.39. The van der Waals surface area contributed by atoms with Gasteiger partial charge >= 0.3 is 5.97 Å². The average Bonchev–Trinajstić information content (AvgIpc) is 3.32. The third-order valence-corrected chi connectivity index (χ3v) is 5.96. The van der Waals surface area contributed by atoms with Gasteiger partial charge in [0.05, 0.1) is 24.6 Å². The summed E-state index contributed by atoms with van der Waals surface area (Å²) < 4.78 is 6.03. The van der Waals surface area contributed by atoms with E-state index < -0.39 is 29.5 Å². The van der Waals surface area contributed by atoms with Crippen molar-refractivity contribution in [2.24, 2.45) is 11.8 Å². The lowest BCUT2D eigenvalue weighted by atomic mass is 9.77. The number of amides is 1. The molecule has 2 fully saturated rings. The van der Waals surface area contributed by atoms with Crippen LogP contribution in [0, 0.1) is 11.8 Å². The van der Waals surface area contributed by atoms with Crippen molar-refractivity contribution in [3.63, 3.8) is 0 Å². The molecule has 1 spiro atoms. The Hall–Kier alpha value is -2.92. The Kier molecular flexibility index (Phi) is 3.49. The Bertz CT molecular complexity index is 886. The summed E-state index contributed by atoms with van der Waals surface area (Å²) in [6.07, 6.45) is 3.18. The van der Waals surface area contributed by atoms with Crippen molar-refractivity contribution in [1.82, 2.24) is 4.90 Å². The molecule has 4 atom stereocenters. The van der Waals surface area contributed by atoms with Crippen LogP contribution in [-0.2, 0) is 14.3 Å². The fraction of sp³-hybridized carbons (Fsp3) is 0.273. The van der Waals surface area contributed by atoms with E-state index in [0.717, 1.165) is 11.1 Å². The van der Waals surface area contributed by atoms with Crippen LogP contribution < -0.4 is 0 Å². The first-order chi connectivity index (χ1) is 13.1. The number of carbonyl (C=O) groups excluding carboxylic acids is 1. The van der Waals surface area contributed by atoms with Gasteiger partial charge in [0, 0.05) is 0 Å². The van der Waals surface area contributed by atoms with Gasteiger partial charge in [-0.05, 0) is 11.1 Å². The summed E-state index contributed by atoms with van der Waals surface area (Å²) in [5.74, 6) is -2.60. The van der Waals surface area contributed by atoms with E-state index in [2.05, 4.69) is 0 Å². The second-order valence-corrected chi connectivity index (χ2v) is 7.43. The molecule has 3 aliphatic rings. The normalized spacial score (nSPS) is 30.9. The molecule has 0 aliphatic carbocycles. The van der Waals surface area contributed by atoms with Crippen molar-refractivity contribution in [3.05, 3.63) is 83.9 Å². The molecule has 5 heteroatoms. The number of carboxylic acid groups (broad SMARTS) is 1. The second-order valence-electron chi connectivity index (χ2n) is 7.43. The third kappa shape index (κ3) is 2.28. The summed E-state index contributed by atoms with van der Waals surface area (Å²) in [4.78, 5) is 27.0. The summed E-state index contributed by atoms with van der Waals surface area (Å²) in [5, 5.41) is 9.67. The van der Waals surface area contributed by atoms with Gasteiger partial charge in [0.15, 0.2) is 0 Å². The van der Waals surface area contributed by atoms with Crippen LogP contribution in [0.2, 0.25) is 0 Å². The molecule has 136 valence electrons. The van der Waals surface area contributed by atoms with Crippen LogP contribution in [0.15, 0.2) is 72.8 Å². The number of fused-ring (bicyclic) bond motifs is 1. The molecule has 27 heavy (non-hydrogen) atoms. The van der Waals surface area contributed by atoms with Gasteiger partial charge in [-0.1, -0.05) is 72.8 Å². The smallest absolute Gasteiger partial charge is 0.310 e. The zero-order valence-electron chi connectivity index (χ0n) is 14.6. The fourth-order valence-electron chi connectivity index (χ4n) is 4.85. The number of nitrogens with zero attached hydrogens (tertiary/aromatic N) is 1. The number of ether oxygens (including phenoxy) is 1. The molecule has 0 aromatic heterocycles. The topological polar surface area (TPSA) is 66.8 Å². The number of hydrogen-bond acceptors (Lipinski definition) is 3. The molecule has 1 amide bonds. The lowest BCUT2D eigenvalue weighted by molar-refractivity contribution is -0.148. The summed E-state index contributed by atoms with van der Waals surface area (Å²) in [5.41, 5.74) is 1.17. The van der Waals surface area contributed by atoms with Gasteiger partial charge in [-0.15, -0.1) is 0 Å². The van der Waals surface area contributed by atoms with Gasteiger partial charge in [-0.2, -0.15) is 0 Å². The van der Waals surface area contributed by atoms with Crippen molar-refractivity contribution >= 4 is 11.9 Å². The first kappa shape index (κ1) is 16.3. The van der Waals surface area contributed by atoms with Gasteiger partial charge < -0.3 is 14.7 Å². The zero-order chi connectivity index (χ0) is 18.6. The number of carboxylic acids is 1. The Morgan fingerprint density at radius 1 is 1.07 bits per heavy atom. The van der Waals surface area contributed by atoms with E-state index in [-0.39, 0.29) is 11.9 Å². The van der Waals surface area contributed by atoms with Gasteiger partial charge in [0.2, 0.25) is 5.91 Å². The van der Waals surface area contributed by atoms with Crippen molar-refractivity contribution in [2.45, 2.75) is 17.7 Å². The van der Waals surface area contributed by atoms with Crippen LogP contribution in [-0.4, -0.2) is 40.1 Å². The largest absolute Gasteiger partial charge is 0.481 e. The van der Waals surface area contributed by atoms with E-state index in [9.17, 15) is 14.7 Å². The quantitative estimate of drug-likeness (QED) is 0.850. The highest BCUT2D eigenvalue weighted by atomic mass is 16.5. The molecule has 0 radical (unpaired) electrons. The molecule has 5 nitrogen and oxygen atoms in total. The van der Waals surface area contributed by atoms with E-state index in [1.165, 1.54) is 0 Å². The molecular weight excluding hydrogens is 342 g/mol. The Morgan fingerprint density at radius 2 is 1.67 bits per heavy atom. The lowest BCUT2D eigenvalue weighted by Gasteiger charge is -2.31. The van der Waals surface area contributed by atoms with E-state index >= 15 is 0 Å². The van der Waals surface area contributed by atoms with E-state index in [1.54, 1.807) is 11.0 Å². The maximum atomic E-state index is 13.4. The van der Waals surface area contributed by atoms with Crippen LogP contribution in [0.4, 0.5) is 0 Å². The third-order valence-electron chi connectivity index (χ3n) is 5.96. The second kappa shape index (κ2) is 5.79. The van der Waals surface area contributed by atoms with Crippen LogP contribution in [0.3, 0.4) is 0 Å². The molecule has 5 rings (SSSR count). The highest BCUT2D eigenvalue weighted by Crippen LogP contribution is 2.53. The van der Waals surface area contributed by atoms with Gasteiger partial charge in [-0.3, -0.25) is 9.59 Å². The van der Waals surface area contributed by atoms with Crippen molar-refractivity contribution in [2.75, 3.05) is 6.54 Å². The Morgan fingerprint density at radius 3 is 2.22 bits per heavy atom. The van der Waals surface area contributed by atoms with Gasteiger partial charge in [-0.25, -0.2) is 0 Å². The van der Waals surface area contributed by atoms with Crippen LogP contribution in [0.25, 0.3) is 0 Å². The summed E-state index contributed by atoms with van der Waals surface area (Å²) in [6, 6.07) is 19.4. The maximum Gasteiger partial charge on any atom is 0.310 e. The van der Waals surface area contributed by atoms with Crippen molar-refractivity contribution in [1.29, 1.82) is 0 Å². The number of rotatable bonds is 4. The molecule has 2 aromatic carbocycles. The maximum absolute atomic E-state index is 13.4. The Balaban J connectivity index is 1.59. The number of aliphatic carboxylic acids is 1. The van der Waals surface area contributed by atoms with Crippen LogP contribution in [0.1, 0.15) is 17.2 Å². The number of carbonyl (C=O) groups is 2. The number of likely N-dealkylation sites (tertiary alicyclic amines) is 1. The molecule has 3 aliphatic heterocycles. The minimum absolute atomic E-state index is 0.146. The Labute approximate surface area is 156 Å². The predicted octanol–water partition coefficient (Wildman–Crippen LogP) is 2.64. The van der Waals surface area contributed by atoms with E-state index in [4.69, 9.17) is 4.74 Å². The highest BCUT2D eigenvalue weighted by Gasteiger charge is 2.67. The molecule has 2 aromatic rings. The van der Waals surface area contributed by atoms with Gasteiger partial charge in [0.1, 0.15) is 11.5 Å². The predicted molar refractivity (Wildman–Crippen MR) is 97.8 cm³/mol. The van der Waals surface area contributed by atoms with Crippen LogP contribution >= 0.6 is 0 Å². The van der Waals surface area contributed by atoms with Crippen LogP contribution in [0.5, 0.6) is 0 Å². The number of hydrogen-bond donors (Lipinski definition) is 1. The summed E-state index contributed by atoms with van der Waals surface area (Å²) >= 11 is 0. The first-order valence-corrected chi connectivity index (χ1v) is 9.11.